The molecule has 1 heterocycles. The van der Waals surface area contributed by atoms with E-state index in [4.69, 9.17) is 5.73 Å². The van der Waals surface area contributed by atoms with Crippen molar-refractivity contribution >= 4 is 11.4 Å². The van der Waals surface area contributed by atoms with Gasteiger partial charge in [0.1, 0.15) is 0 Å². The highest BCUT2D eigenvalue weighted by Crippen LogP contribution is 2.44. The third kappa shape index (κ3) is 2.07. The number of benzene rings is 2. The molecule has 2 nitrogen and oxygen atoms in total. The molecule has 0 radical (unpaired) electrons. The topological polar surface area (TPSA) is 38.0 Å². The van der Waals surface area contributed by atoms with Gasteiger partial charge in [0.05, 0.1) is 6.04 Å². The van der Waals surface area contributed by atoms with Crippen LogP contribution in [0.25, 0.3) is 0 Å². The second-order valence-corrected chi connectivity index (χ2v) is 5.96. The smallest absolute Gasteiger partial charge is 0.0542 e. The van der Waals surface area contributed by atoms with Crippen molar-refractivity contribution in [1.29, 1.82) is 0 Å². The molecule has 1 aliphatic rings. The van der Waals surface area contributed by atoms with E-state index in [-0.39, 0.29) is 11.5 Å². The molecule has 2 aromatic rings. The lowest BCUT2D eigenvalue weighted by Crippen LogP contribution is -2.31. The Morgan fingerprint density at radius 1 is 1.05 bits per heavy atom. The van der Waals surface area contributed by atoms with Crippen LogP contribution >= 0.6 is 0 Å². The summed E-state index contributed by atoms with van der Waals surface area (Å²) in [6, 6.07) is 17.0. The first-order valence-corrected chi connectivity index (χ1v) is 6.78. The summed E-state index contributed by atoms with van der Waals surface area (Å²) in [5.41, 5.74) is 11.0. The van der Waals surface area contributed by atoms with Gasteiger partial charge in [-0.1, -0.05) is 50.2 Å². The fourth-order valence-electron chi connectivity index (χ4n) is 3.07. The van der Waals surface area contributed by atoms with Crippen LogP contribution in [0.2, 0.25) is 0 Å². The number of nitrogens with two attached hydrogens (primary N) is 1. The summed E-state index contributed by atoms with van der Waals surface area (Å²) in [5, 5.41) is 3.63. The lowest BCUT2D eigenvalue weighted by molar-refractivity contribution is 0.428. The largest absolute Gasteiger partial charge is 0.398 e. The standard InChI is InChI=1S/C17H20N2/c1-17(2)11-16(12-7-3-5-9-14(12)18)19-15-10-6-4-8-13(15)17/h3-10,16,19H,11,18H2,1-2H3. The fourth-order valence-corrected chi connectivity index (χ4v) is 3.07. The van der Waals surface area contributed by atoms with Crippen molar-refractivity contribution in [3.8, 4) is 0 Å². The van der Waals surface area contributed by atoms with Crippen LogP contribution in [-0.2, 0) is 5.41 Å². The van der Waals surface area contributed by atoms with Crippen LogP contribution in [0.4, 0.5) is 11.4 Å². The molecule has 2 heteroatoms. The Morgan fingerprint density at radius 2 is 1.74 bits per heavy atom. The number of fused-ring (bicyclic) bond motifs is 1. The summed E-state index contributed by atoms with van der Waals surface area (Å²) in [7, 11) is 0. The molecule has 19 heavy (non-hydrogen) atoms. The Bertz CT molecular complexity index is 602. The summed E-state index contributed by atoms with van der Waals surface area (Å²) in [4.78, 5) is 0. The van der Waals surface area contributed by atoms with Crippen LogP contribution in [0.1, 0.15) is 37.4 Å². The second-order valence-electron chi connectivity index (χ2n) is 5.96. The highest BCUT2D eigenvalue weighted by Gasteiger charge is 2.33. The highest BCUT2D eigenvalue weighted by atomic mass is 14.9. The van der Waals surface area contributed by atoms with Crippen molar-refractivity contribution in [3.63, 3.8) is 0 Å². The zero-order chi connectivity index (χ0) is 13.5. The number of para-hydroxylation sites is 2. The van der Waals surface area contributed by atoms with Crippen molar-refractivity contribution in [1.82, 2.24) is 0 Å². The molecule has 0 bridgehead atoms. The van der Waals surface area contributed by atoms with E-state index >= 15 is 0 Å². The molecular formula is C17H20N2. The lowest BCUT2D eigenvalue weighted by atomic mass is 9.74. The van der Waals surface area contributed by atoms with Gasteiger partial charge >= 0.3 is 0 Å². The van der Waals surface area contributed by atoms with Gasteiger partial charge < -0.3 is 11.1 Å². The predicted molar refractivity (Wildman–Crippen MR) is 81.3 cm³/mol. The maximum Gasteiger partial charge on any atom is 0.0542 e. The first kappa shape index (κ1) is 12.1. The summed E-state index contributed by atoms with van der Waals surface area (Å²) in [5.74, 6) is 0. The fraction of sp³-hybridized carbons (Fsp3) is 0.294. The van der Waals surface area contributed by atoms with Gasteiger partial charge in [-0.15, -0.1) is 0 Å². The van der Waals surface area contributed by atoms with Crippen LogP contribution in [0.3, 0.4) is 0 Å². The van der Waals surface area contributed by atoms with E-state index in [1.165, 1.54) is 16.8 Å². The molecule has 0 spiro atoms. The molecule has 0 fully saturated rings. The maximum absolute atomic E-state index is 6.12. The van der Waals surface area contributed by atoms with Crippen molar-refractivity contribution in [3.05, 3.63) is 59.7 Å². The number of nitrogen functional groups attached to an aromatic ring is 1. The van der Waals surface area contributed by atoms with E-state index in [0.717, 1.165) is 12.1 Å². The van der Waals surface area contributed by atoms with Crippen LogP contribution in [0.15, 0.2) is 48.5 Å². The molecule has 1 aliphatic heterocycles. The number of anilines is 2. The van der Waals surface area contributed by atoms with E-state index in [1.54, 1.807) is 0 Å². The molecule has 1 unspecified atom stereocenters. The van der Waals surface area contributed by atoms with Crippen LogP contribution < -0.4 is 11.1 Å². The van der Waals surface area contributed by atoms with Crippen LogP contribution in [0, 0.1) is 0 Å². The van der Waals surface area contributed by atoms with Gasteiger partial charge in [-0.05, 0) is 35.1 Å². The van der Waals surface area contributed by atoms with Gasteiger partial charge in [-0.25, -0.2) is 0 Å². The van der Waals surface area contributed by atoms with Crippen LogP contribution in [0.5, 0.6) is 0 Å². The predicted octanol–water partition coefficient (Wildman–Crippen LogP) is 4.10. The summed E-state index contributed by atoms with van der Waals surface area (Å²) in [6.45, 7) is 4.61. The van der Waals surface area contributed by atoms with Crippen molar-refractivity contribution in [2.45, 2.75) is 31.7 Å². The van der Waals surface area contributed by atoms with E-state index in [0.29, 0.717) is 0 Å². The van der Waals surface area contributed by atoms with Gasteiger partial charge in [0, 0.05) is 11.4 Å². The summed E-state index contributed by atoms with van der Waals surface area (Å²) in [6.07, 6.45) is 1.05. The average Bonchev–Trinajstić information content (AvgIpc) is 2.38. The first-order chi connectivity index (χ1) is 9.08. The van der Waals surface area contributed by atoms with E-state index in [9.17, 15) is 0 Å². The molecule has 98 valence electrons. The second kappa shape index (κ2) is 4.30. The third-order valence-electron chi connectivity index (χ3n) is 4.07. The monoisotopic (exact) mass is 252 g/mol. The molecule has 0 saturated carbocycles. The minimum atomic E-state index is 0.161. The molecule has 3 rings (SSSR count). The Labute approximate surface area is 114 Å². The van der Waals surface area contributed by atoms with Gasteiger partial charge in [-0.3, -0.25) is 0 Å². The highest BCUT2D eigenvalue weighted by molar-refractivity contribution is 5.61. The van der Waals surface area contributed by atoms with Crippen molar-refractivity contribution in [2.24, 2.45) is 0 Å². The molecule has 0 aromatic heterocycles. The van der Waals surface area contributed by atoms with Gasteiger partial charge in [0.15, 0.2) is 0 Å². The SMILES string of the molecule is CC1(C)CC(c2ccccc2N)Nc2ccccc21. The number of rotatable bonds is 1. The van der Waals surface area contributed by atoms with Crippen LogP contribution in [-0.4, -0.2) is 0 Å². The maximum atomic E-state index is 6.12. The van der Waals surface area contributed by atoms with Crippen molar-refractivity contribution in [2.75, 3.05) is 11.1 Å². The molecule has 1 atom stereocenters. The molecule has 2 aromatic carbocycles. The third-order valence-corrected chi connectivity index (χ3v) is 4.07. The molecule has 3 N–H and O–H groups in total. The van der Waals surface area contributed by atoms with Gasteiger partial charge in [-0.2, -0.15) is 0 Å². The Hall–Kier alpha value is -1.96. The number of nitrogens with one attached hydrogen (secondary N) is 1. The number of hydrogen-bond acceptors (Lipinski definition) is 2. The summed E-state index contributed by atoms with van der Waals surface area (Å²) < 4.78 is 0. The Balaban J connectivity index is 2.04. The molecule has 0 saturated heterocycles. The zero-order valence-electron chi connectivity index (χ0n) is 11.5. The quantitative estimate of drug-likeness (QED) is 0.750. The minimum Gasteiger partial charge on any atom is -0.398 e. The number of hydrogen-bond donors (Lipinski definition) is 2. The molecule has 0 aliphatic carbocycles. The minimum absolute atomic E-state index is 0.161. The average molecular weight is 252 g/mol. The van der Waals surface area contributed by atoms with Crippen molar-refractivity contribution < 1.29 is 0 Å². The van der Waals surface area contributed by atoms with E-state index in [1.807, 2.05) is 12.1 Å². The van der Waals surface area contributed by atoms with Gasteiger partial charge in [0.2, 0.25) is 0 Å². The molecule has 0 amide bonds. The summed E-state index contributed by atoms with van der Waals surface area (Å²) >= 11 is 0. The normalized spacial score (nSPS) is 20.4. The van der Waals surface area contributed by atoms with Gasteiger partial charge in [0.25, 0.3) is 0 Å². The molecular weight excluding hydrogens is 232 g/mol. The Morgan fingerprint density at radius 3 is 2.53 bits per heavy atom. The Kier molecular flexibility index (Phi) is 2.74. The van der Waals surface area contributed by atoms with E-state index in [2.05, 4.69) is 55.6 Å². The first-order valence-electron chi connectivity index (χ1n) is 6.78. The lowest BCUT2D eigenvalue weighted by Gasteiger charge is -2.39. The zero-order valence-corrected chi connectivity index (χ0v) is 11.5. The van der Waals surface area contributed by atoms with E-state index < -0.39 is 0 Å².